The van der Waals surface area contributed by atoms with Crippen LogP contribution in [0.3, 0.4) is 0 Å². The number of nitrogens with one attached hydrogen (secondary N) is 1. The maximum absolute atomic E-state index is 5.23. The van der Waals surface area contributed by atoms with Gasteiger partial charge in [-0.25, -0.2) is 0 Å². The maximum Gasteiger partial charge on any atom is 0.119 e. The Hall–Kier alpha value is -1.61. The topological polar surface area (TPSA) is 21.3 Å². The molecule has 0 amide bonds. The molecule has 2 aromatic carbocycles. The van der Waals surface area contributed by atoms with Crippen molar-refractivity contribution in [2.24, 2.45) is 0 Å². The lowest BCUT2D eigenvalue weighted by Crippen LogP contribution is -2.34. The van der Waals surface area contributed by atoms with E-state index < -0.39 is 0 Å². The maximum atomic E-state index is 5.23. The van der Waals surface area contributed by atoms with Crippen LogP contribution in [-0.2, 0) is 0 Å². The highest BCUT2D eigenvalue weighted by molar-refractivity contribution is 8.00. The molecule has 0 saturated heterocycles. The summed E-state index contributed by atoms with van der Waals surface area (Å²) in [5, 5.41) is 4.36. The smallest absolute Gasteiger partial charge is 0.119 e. The first-order chi connectivity index (χ1) is 10.8. The first kappa shape index (κ1) is 15.3. The van der Waals surface area contributed by atoms with Crippen molar-refractivity contribution in [1.82, 2.24) is 0 Å². The summed E-state index contributed by atoms with van der Waals surface area (Å²) in [7, 11) is 1.70. The Morgan fingerprint density at radius 3 is 2.41 bits per heavy atom. The molecule has 2 unspecified atom stereocenters. The molecule has 2 nitrogen and oxygen atoms in total. The zero-order valence-electron chi connectivity index (χ0n) is 13.0. The van der Waals surface area contributed by atoms with Crippen molar-refractivity contribution in [2.45, 2.75) is 41.9 Å². The number of benzene rings is 2. The van der Waals surface area contributed by atoms with Gasteiger partial charge in [-0.2, -0.15) is 0 Å². The van der Waals surface area contributed by atoms with E-state index in [0.29, 0.717) is 11.3 Å². The van der Waals surface area contributed by atoms with Gasteiger partial charge in [0.15, 0.2) is 0 Å². The highest BCUT2D eigenvalue weighted by Gasteiger charge is 2.25. The lowest BCUT2D eigenvalue weighted by molar-refractivity contribution is 0.415. The minimum atomic E-state index is 0.535. The Labute approximate surface area is 137 Å². The van der Waals surface area contributed by atoms with Crippen LogP contribution in [0.25, 0.3) is 0 Å². The van der Waals surface area contributed by atoms with Gasteiger partial charge in [-0.1, -0.05) is 31.0 Å². The van der Waals surface area contributed by atoms with Crippen molar-refractivity contribution >= 4 is 17.4 Å². The van der Waals surface area contributed by atoms with Gasteiger partial charge in [-0.15, -0.1) is 11.8 Å². The fourth-order valence-electron chi connectivity index (χ4n) is 2.98. The van der Waals surface area contributed by atoms with Crippen LogP contribution in [0.2, 0.25) is 0 Å². The van der Waals surface area contributed by atoms with Crippen molar-refractivity contribution in [1.29, 1.82) is 0 Å². The molecule has 1 fully saturated rings. The van der Waals surface area contributed by atoms with Gasteiger partial charge >= 0.3 is 0 Å². The van der Waals surface area contributed by atoms with E-state index >= 15 is 0 Å². The van der Waals surface area contributed by atoms with Crippen LogP contribution < -0.4 is 10.1 Å². The van der Waals surface area contributed by atoms with Gasteiger partial charge in [0.2, 0.25) is 0 Å². The number of thioether (sulfide) groups is 1. The van der Waals surface area contributed by atoms with Gasteiger partial charge < -0.3 is 10.1 Å². The summed E-state index contributed by atoms with van der Waals surface area (Å²) in [4.78, 5) is 1.37. The largest absolute Gasteiger partial charge is 0.497 e. The highest BCUT2D eigenvalue weighted by Crippen LogP contribution is 2.35. The summed E-state index contributed by atoms with van der Waals surface area (Å²) in [5.74, 6) is 0.907. The fraction of sp³-hybridized carbons (Fsp3) is 0.368. The number of anilines is 1. The average Bonchev–Trinajstić information content (AvgIpc) is 2.58. The first-order valence-electron chi connectivity index (χ1n) is 7.97. The van der Waals surface area contributed by atoms with Gasteiger partial charge in [-0.3, -0.25) is 0 Å². The third-order valence-corrected chi connectivity index (χ3v) is 5.59. The molecule has 3 rings (SSSR count). The van der Waals surface area contributed by atoms with E-state index in [4.69, 9.17) is 4.74 Å². The lowest BCUT2D eigenvalue weighted by atomic mass is 9.94. The second kappa shape index (κ2) is 7.59. The Kier molecular flexibility index (Phi) is 5.28. The molecule has 116 valence electrons. The zero-order chi connectivity index (χ0) is 15.2. The van der Waals surface area contributed by atoms with Crippen LogP contribution >= 0.6 is 11.8 Å². The zero-order valence-corrected chi connectivity index (χ0v) is 13.8. The van der Waals surface area contributed by atoms with E-state index in [-0.39, 0.29) is 0 Å². The summed E-state index contributed by atoms with van der Waals surface area (Å²) in [6.07, 6.45) is 5.19. The second-order valence-corrected chi connectivity index (χ2v) is 7.05. The molecule has 0 aromatic heterocycles. The summed E-state index contributed by atoms with van der Waals surface area (Å²) in [6.45, 7) is 0. The summed E-state index contributed by atoms with van der Waals surface area (Å²) in [6, 6.07) is 19.5. The van der Waals surface area contributed by atoms with E-state index in [0.717, 1.165) is 5.75 Å². The molecule has 0 radical (unpaired) electrons. The van der Waals surface area contributed by atoms with Crippen LogP contribution in [0.1, 0.15) is 25.7 Å². The molecule has 3 heteroatoms. The Morgan fingerprint density at radius 1 is 0.955 bits per heavy atom. The van der Waals surface area contributed by atoms with Gasteiger partial charge in [0.1, 0.15) is 5.75 Å². The molecule has 1 aliphatic rings. The summed E-state index contributed by atoms with van der Waals surface area (Å²) < 4.78 is 5.23. The Balaban J connectivity index is 1.66. The second-order valence-electron chi connectivity index (χ2n) is 5.73. The Morgan fingerprint density at radius 2 is 1.68 bits per heavy atom. The van der Waals surface area contributed by atoms with E-state index in [9.17, 15) is 0 Å². The van der Waals surface area contributed by atoms with Crippen molar-refractivity contribution in [3.63, 3.8) is 0 Å². The third kappa shape index (κ3) is 3.98. The minimum Gasteiger partial charge on any atom is -0.497 e. The van der Waals surface area contributed by atoms with Crippen LogP contribution in [0.15, 0.2) is 59.5 Å². The van der Waals surface area contributed by atoms with E-state index in [1.807, 2.05) is 23.9 Å². The number of ether oxygens (including phenoxy) is 1. The molecule has 2 aromatic rings. The fourth-order valence-corrected chi connectivity index (χ4v) is 4.29. The SMILES string of the molecule is COc1ccc(NC2CCCCC2Sc2ccccc2)cc1. The quantitative estimate of drug-likeness (QED) is 0.818. The van der Waals surface area contributed by atoms with E-state index in [2.05, 4.69) is 47.8 Å². The number of hydrogen-bond acceptors (Lipinski definition) is 3. The van der Waals surface area contributed by atoms with Gasteiger partial charge in [-0.05, 0) is 49.2 Å². The number of rotatable bonds is 5. The van der Waals surface area contributed by atoms with Crippen molar-refractivity contribution in [3.05, 3.63) is 54.6 Å². The minimum absolute atomic E-state index is 0.535. The van der Waals surface area contributed by atoms with Crippen LogP contribution in [0.4, 0.5) is 5.69 Å². The number of methoxy groups -OCH3 is 1. The normalized spacial score (nSPS) is 21.3. The Bertz CT molecular complexity index is 570. The molecule has 0 spiro atoms. The molecular weight excluding hydrogens is 290 g/mol. The molecule has 1 N–H and O–H groups in total. The first-order valence-corrected chi connectivity index (χ1v) is 8.85. The molecule has 1 saturated carbocycles. The van der Waals surface area contributed by atoms with E-state index in [1.165, 1.54) is 36.3 Å². The molecule has 1 aliphatic carbocycles. The van der Waals surface area contributed by atoms with Crippen LogP contribution in [-0.4, -0.2) is 18.4 Å². The molecule has 2 atom stereocenters. The van der Waals surface area contributed by atoms with E-state index in [1.54, 1.807) is 7.11 Å². The molecule has 22 heavy (non-hydrogen) atoms. The van der Waals surface area contributed by atoms with Crippen molar-refractivity contribution in [3.8, 4) is 5.75 Å². The molecule has 0 aliphatic heterocycles. The van der Waals surface area contributed by atoms with Crippen LogP contribution in [0.5, 0.6) is 5.75 Å². The standard InChI is InChI=1S/C19H23NOS/c1-21-16-13-11-15(12-14-16)20-18-9-5-6-10-19(18)22-17-7-3-2-4-8-17/h2-4,7-8,11-14,18-20H,5-6,9-10H2,1H3. The van der Waals surface area contributed by atoms with Gasteiger partial charge in [0.05, 0.1) is 7.11 Å². The average molecular weight is 313 g/mol. The lowest BCUT2D eigenvalue weighted by Gasteiger charge is -2.32. The summed E-state index contributed by atoms with van der Waals surface area (Å²) in [5.41, 5.74) is 1.19. The van der Waals surface area contributed by atoms with Gasteiger partial charge in [0, 0.05) is 21.9 Å². The monoisotopic (exact) mass is 313 g/mol. The third-order valence-electron chi connectivity index (χ3n) is 4.18. The molecule has 0 heterocycles. The highest BCUT2D eigenvalue weighted by atomic mass is 32.2. The number of hydrogen-bond donors (Lipinski definition) is 1. The van der Waals surface area contributed by atoms with Crippen LogP contribution in [0, 0.1) is 0 Å². The predicted molar refractivity (Wildman–Crippen MR) is 95.0 cm³/mol. The molecular formula is C19H23NOS. The molecule has 0 bridgehead atoms. The van der Waals surface area contributed by atoms with Crippen molar-refractivity contribution in [2.75, 3.05) is 12.4 Å². The van der Waals surface area contributed by atoms with Crippen molar-refractivity contribution < 1.29 is 4.74 Å². The van der Waals surface area contributed by atoms with Gasteiger partial charge in [0.25, 0.3) is 0 Å². The summed E-state index contributed by atoms with van der Waals surface area (Å²) >= 11 is 2.01. The predicted octanol–water partition coefficient (Wildman–Crippen LogP) is 5.21.